The summed E-state index contributed by atoms with van der Waals surface area (Å²) in [6.45, 7) is 6.22. The smallest absolute Gasteiger partial charge is 0.243 e. The normalized spacial score (nSPS) is 18.1. The molecule has 0 spiro atoms. The number of hydrogen-bond donors (Lipinski definition) is 1. The van der Waals surface area contributed by atoms with Crippen LogP contribution in [0.3, 0.4) is 0 Å². The van der Waals surface area contributed by atoms with Crippen LogP contribution in [0.4, 0.5) is 0 Å². The zero-order chi connectivity index (χ0) is 53.7. The Kier molecular flexibility index (Phi) is 20.7. The molecule has 6 rings (SSSR count). The van der Waals surface area contributed by atoms with Crippen molar-refractivity contribution in [2.45, 2.75) is 59.1 Å². The quantitative estimate of drug-likeness (QED) is 0.202. The third-order valence-electron chi connectivity index (χ3n) is 12.5. The van der Waals surface area contributed by atoms with Gasteiger partial charge < -0.3 is 14.8 Å². The van der Waals surface area contributed by atoms with E-state index in [9.17, 15) is 42.1 Å². The lowest BCUT2D eigenvalue weighted by Crippen LogP contribution is -2.46. The summed E-state index contributed by atoms with van der Waals surface area (Å²) in [5.41, 5.74) is 4.12. The molecule has 0 radical (unpaired) electrons. The van der Waals surface area contributed by atoms with E-state index in [0.29, 0.717) is 0 Å². The second-order valence-electron chi connectivity index (χ2n) is 18.1. The van der Waals surface area contributed by atoms with Crippen LogP contribution in [0, 0.1) is 34.6 Å². The van der Waals surface area contributed by atoms with Gasteiger partial charge in [0, 0.05) is 78.5 Å². The zero-order valence-electron chi connectivity index (χ0n) is 42.5. The van der Waals surface area contributed by atoms with Gasteiger partial charge in [0.2, 0.25) is 50.1 Å². The molecule has 0 aliphatic carbocycles. The van der Waals surface area contributed by atoms with Crippen LogP contribution in [0.15, 0.2) is 146 Å². The lowest BCUT2D eigenvalue weighted by atomic mass is 10.2. The summed E-state index contributed by atoms with van der Waals surface area (Å²) in [5, 5.41) is 3.18. The molecule has 5 aromatic carbocycles. The van der Waals surface area contributed by atoms with Crippen LogP contribution in [-0.2, 0) is 59.6 Å². The Hall–Kier alpha value is -4.47. The number of rotatable bonds is 10. The van der Waals surface area contributed by atoms with Crippen molar-refractivity contribution in [3.63, 3.8) is 0 Å². The molecule has 23 heteroatoms. The van der Waals surface area contributed by atoms with E-state index in [1.807, 2.05) is 20.8 Å². The summed E-state index contributed by atoms with van der Waals surface area (Å²) in [4.78, 5) is -0.126. The third-order valence-corrected chi connectivity index (χ3v) is 22.1. The maximum absolute atomic E-state index is 14.6. The van der Waals surface area contributed by atoms with Crippen molar-refractivity contribution < 1.29 is 51.6 Å². The molecule has 1 fully saturated rings. The first-order valence-corrected chi connectivity index (χ1v) is 31.4. The summed E-state index contributed by atoms with van der Waals surface area (Å²) in [7, 11) is -21.3. The molecule has 0 atom stereocenters. The van der Waals surface area contributed by atoms with Crippen molar-refractivity contribution in [3.8, 4) is 0 Å². The first-order valence-electron chi connectivity index (χ1n) is 24.2. The predicted octanol–water partition coefficient (Wildman–Crippen LogP) is 4.62. The van der Waals surface area contributed by atoms with E-state index in [0.717, 1.165) is 45.0 Å². The Balaban J connectivity index is 1.35. The van der Waals surface area contributed by atoms with Crippen LogP contribution in [0.1, 0.15) is 27.8 Å². The molecule has 1 saturated heterocycles. The van der Waals surface area contributed by atoms with E-state index in [-0.39, 0.29) is 123 Å². The molecular formula is C51H68N6O12S5. The van der Waals surface area contributed by atoms with Crippen LogP contribution in [0.25, 0.3) is 0 Å². The number of ether oxygens (including phenoxy) is 2. The molecule has 1 aliphatic rings. The maximum Gasteiger partial charge on any atom is 0.243 e. The Morgan fingerprint density at radius 3 is 0.730 bits per heavy atom. The molecule has 1 heterocycles. The van der Waals surface area contributed by atoms with Crippen LogP contribution < -0.4 is 5.32 Å². The van der Waals surface area contributed by atoms with E-state index in [1.54, 1.807) is 74.5 Å². The number of aryl methyl sites for hydroxylation is 5. The summed E-state index contributed by atoms with van der Waals surface area (Å²) < 4.78 is 161. The zero-order valence-corrected chi connectivity index (χ0v) is 46.6. The largest absolute Gasteiger partial charge is 0.379 e. The Labute approximate surface area is 439 Å². The summed E-state index contributed by atoms with van der Waals surface area (Å²) in [6.07, 6.45) is 0. The number of nitrogens with one attached hydrogen (secondary N) is 1. The van der Waals surface area contributed by atoms with Crippen molar-refractivity contribution in [2.24, 2.45) is 0 Å². The molecule has 0 saturated carbocycles. The highest BCUT2D eigenvalue weighted by Gasteiger charge is 2.33. The molecule has 0 amide bonds. The fraction of sp³-hybridized carbons (Fsp3) is 0.412. The van der Waals surface area contributed by atoms with Gasteiger partial charge in [-0.3, -0.25) is 0 Å². The van der Waals surface area contributed by atoms with Gasteiger partial charge in [0.25, 0.3) is 0 Å². The van der Waals surface area contributed by atoms with Gasteiger partial charge in [-0.05, 0) is 95.3 Å². The second-order valence-corrected chi connectivity index (χ2v) is 27.8. The van der Waals surface area contributed by atoms with Gasteiger partial charge in [0.1, 0.15) is 0 Å². The van der Waals surface area contributed by atoms with Crippen LogP contribution in [0.5, 0.6) is 0 Å². The van der Waals surface area contributed by atoms with E-state index in [4.69, 9.17) is 9.47 Å². The molecule has 1 aliphatic heterocycles. The van der Waals surface area contributed by atoms with Gasteiger partial charge >= 0.3 is 0 Å². The Morgan fingerprint density at radius 2 is 0.486 bits per heavy atom. The Morgan fingerprint density at radius 1 is 0.284 bits per heavy atom. The first kappa shape index (κ1) is 58.8. The fourth-order valence-electron chi connectivity index (χ4n) is 7.90. The third kappa shape index (κ3) is 15.4. The van der Waals surface area contributed by atoms with Crippen molar-refractivity contribution in [1.82, 2.24) is 26.8 Å². The van der Waals surface area contributed by atoms with Gasteiger partial charge in [-0.1, -0.05) is 88.5 Å². The highest BCUT2D eigenvalue weighted by atomic mass is 32.2. The fourth-order valence-corrected chi connectivity index (χ4v) is 15.0. The topological polar surface area (TPSA) is 217 Å². The van der Waals surface area contributed by atoms with Crippen LogP contribution in [-0.4, -0.2) is 169 Å². The lowest BCUT2D eigenvalue weighted by Gasteiger charge is -2.30. The van der Waals surface area contributed by atoms with Crippen molar-refractivity contribution in [2.75, 3.05) is 105 Å². The Bertz CT molecular complexity index is 3110. The monoisotopic (exact) mass is 1120 g/mol. The molecule has 0 unspecified atom stereocenters. The van der Waals surface area contributed by atoms with E-state index in [2.05, 4.69) is 5.32 Å². The minimum absolute atomic E-state index is 0.0118. The second kappa shape index (κ2) is 26.1. The van der Waals surface area contributed by atoms with Crippen molar-refractivity contribution >= 4 is 50.1 Å². The van der Waals surface area contributed by atoms with Gasteiger partial charge in [0.15, 0.2) is 0 Å². The lowest BCUT2D eigenvalue weighted by molar-refractivity contribution is 0.110. The van der Waals surface area contributed by atoms with Crippen LogP contribution >= 0.6 is 0 Å². The van der Waals surface area contributed by atoms with Crippen molar-refractivity contribution in [3.05, 3.63) is 149 Å². The minimum Gasteiger partial charge on any atom is -0.379 e. The summed E-state index contributed by atoms with van der Waals surface area (Å²) in [6, 6.07) is 31.2. The molecule has 1 N–H and O–H groups in total. The number of nitrogens with zero attached hydrogens (tertiary/aromatic N) is 5. The van der Waals surface area contributed by atoms with Gasteiger partial charge in [-0.15, -0.1) is 0 Å². The molecule has 404 valence electrons. The number of benzene rings is 5. The highest BCUT2D eigenvalue weighted by Crippen LogP contribution is 2.24. The SMILES string of the molecule is Cc1ccc(S(=O)(=O)N2CCNCCOCCN(S(=O)(=O)c3ccc(C)cc3)CCN(S(=O)(=O)c3ccc(C)cc3)CCN(S(=O)(=O)c3ccc(C)cc3)CCOCCN(S(=O)(=O)c3ccc(C)cc3)CC2)cc1. The standard InChI is InChI=1S/C51H68N6O12S5/c1-42-6-16-47(17-7-42)70(58,59)53-28-26-52-27-38-68-39-35-56(73(64,65)50-22-12-45(4)13-23-50)33-30-54(71(60,61)48-18-8-43(2)9-19-48)31-34-57(74(66,67)51-24-14-46(5)15-25-51)37-41-69-40-36-55(32-29-53)72(62,63)49-20-10-44(3)11-21-49/h6-25,52H,26-41H2,1-5H3. The van der Waals surface area contributed by atoms with Crippen molar-refractivity contribution in [1.29, 1.82) is 0 Å². The summed E-state index contributed by atoms with van der Waals surface area (Å²) in [5.74, 6) is 0. The van der Waals surface area contributed by atoms with Gasteiger partial charge in [-0.25, -0.2) is 42.1 Å². The van der Waals surface area contributed by atoms with Crippen LogP contribution in [0.2, 0.25) is 0 Å². The molecule has 74 heavy (non-hydrogen) atoms. The molecule has 0 bridgehead atoms. The molecular weight excluding hydrogens is 1050 g/mol. The van der Waals surface area contributed by atoms with E-state index >= 15 is 0 Å². The minimum atomic E-state index is -4.37. The van der Waals surface area contributed by atoms with E-state index < -0.39 is 56.7 Å². The average molecular weight is 1120 g/mol. The molecule has 0 aromatic heterocycles. The molecule has 5 aromatic rings. The van der Waals surface area contributed by atoms with Gasteiger partial charge in [-0.2, -0.15) is 21.5 Å². The molecule has 18 nitrogen and oxygen atoms in total. The average Bonchev–Trinajstić information content (AvgIpc) is 3.35. The maximum atomic E-state index is 14.6. The highest BCUT2D eigenvalue weighted by molar-refractivity contribution is 7.90. The van der Waals surface area contributed by atoms with E-state index in [1.165, 1.54) is 65.0 Å². The van der Waals surface area contributed by atoms with Gasteiger partial charge in [0.05, 0.1) is 50.9 Å². The number of hydrogen-bond acceptors (Lipinski definition) is 13. The predicted molar refractivity (Wildman–Crippen MR) is 284 cm³/mol. The first-order chi connectivity index (χ1) is 35.0. The number of sulfonamides is 5. The summed E-state index contributed by atoms with van der Waals surface area (Å²) >= 11 is 0.